The van der Waals surface area contributed by atoms with E-state index in [2.05, 4.69) is 16.0 Å². The lowest BCUT2D eigenvalue weighted by Gasteiger charge is -2.34. The highest BCUT2D eigenvalue weighted by atomic mass is 32.2. The van der Waals surface area contributed by atoms with Crippen molar-refractivity contribution in [1.29, 1.82) is 0 Å². The molecule has 26 heavy (non-hydrogen) atoms. The molecule has 1 aliphatic heterocycles. The largest absolute Gasteiger partial charge is 0.339 e. The number of hydrogen-bond acceptors (Lipinski definition) is 6. The van der Waals surface area contributed by atoms with Gasteiger partial charge in [0, 0.05) is 62.1 Å². The quantitative estimate of drug-likeness (QED) is 0.440. The average molecular weight is 372 g/mol. The van der Waals surface area contributed by atoms with Crippen LogP contribution in [0.3, 0.4) is 0 Å². The van der Waals surface area contributed by atoms with Gasteiger partial charge in [-0.1, -0.05) is 6.07 Å². The van der Waals surface area contributed by atoms with E-state index in [1.165, 1.54) is 29.5 Å². The highest BCUT2D eigenvalue weighted by molar-refractivity contribution is 8.00. The van der Waals surface area contributed by atoms with Crippen molar-refractivity contribution in [2.24, 2.45) is 0 Å². The number of piperazine rings is 1. The molecule has 1 aliphatic rings. The summed E-state index contributed by atoms with van der Waals surface area (Å²) in [4.78, 5) is 31.8. The Kier molecular flexibility index (Phi) is 6.19. The molecular weight excluding hydrogens is 352 g/mol. The van der Waals surface area contributed by atoms with Crippen LogP contribution in [0.25, 0.3) is 0 Å². The van der Waals surface area contributed by atoms with Gasteiger partial charge in [-0.15, -0.1) is 11.8 Å². The number of hydrogen-bond donors (Lipinski definition) is 0. The van der Waals surface area contributed by atoms with E-state index in [0.717, 1.165) is 37.6 Å². The summed E-state index contributed by atoms with van der Waals surface area (Å²) < 4.78 is 0. The molecule has 3 rings (SSSR count). The van der Waals surface area contributed by atoms with Gasteiger partial charge >= 0.3 is 0 Å². The van der Waals surface area contributed by atoms with E-state index in [1.54, 1.807) is 18.3 Å². The van der Waals surface area contributed by atoms with Crippen molar-refractivity contribution >= 4 is 23.4 Å². The predicted octanol–water partition coefficient (Wildman–Crippen LogP) is 2.43. The Morgan fingerprint density at radius 2 is 1.88 bits per heavy atom. The van der Waals surface area contributed by atoms with Crippen molar-refractivity contribution in [3.63, 3.8) is 0 Å². The van der Waals surface area contributed by atoms with Crippen molar-refractivity contribution in [2.45, 2.75) is 11.4 Å². The van der Waals surface area contributed by atoms with Crippen molar-refractivity contribution in [2.75, 3.05) is 31.9 Å². The number of nitro groups is 1. The first kappa shape index (κ1) is 18.3. The minimum Gasteiger partial charge on any atom is -0.339 e. The number of aromatic nitrogens is 1. The lowest BCUT2D eigenvalue weighted by Crippen LogP contribution is -2.48. The summed E-state index contributed by atoms with van der Waals surface area (Å²) in [5.41, 5.74) is 1.24. The number of nitrogens with zero attached hydrogens (tertiary/aromatic N) is 4. The maximum absolute atomic E-state index is 12.4. The van der Waals surface area contributed by atoms with E-state index in [-0.39, 0.29) is 11.6 Å². The molecule has 0 saturated carbocycles. The van der Waals surface area contributed by atoms with Gasteiger partial charge in [-0.2, -0.15) is 0 Å². The number of rotatable bonds is 6. The fourth-order valence-corrected chi connectivity index (χ4v) is 3.61. The van der Waals surface area contributed by atoms with Crippen molar-refractivity contribution < 1.29 is 9.72 Å². The molecule has 0 atom stereocenters. The van der Waals surface area contributed by atoms with E-state index in [9.17, 15) is 14.9 Å². The first-order chi connectivity index (χ1) is 12.6. The zero-order chi connectivity index (χ0) is 18.4. The van der Waals surface area contributed by atoms with Gasteiger partial charge in [-0.25, -0.2) is 0 Å². The van der Waals surface area contributed by atoms with Crippen LogP contribution in [-0.2, 0) is 11.3 Å². The Morgan fingerprint density at radius 1 is 1.15 bits per heavy atom. The first-order valence-electron chi connectivity index (χ1n) is 8.38. The number of benzene rings is 1. The van der Waals surface area contributed by atoms with Crippen LogP contribution in [0.15, 0.2) is 53.7 Å². The van der Waals surface area contributed by atoms with Crippen molar-refractivity contribution in [1.82, 2.24) is 14.8 Å². The molecule has 1 saturated heterocycles. The fourth-order valence-electron chi connectivity index (χ4n) is 2.81. The molecule has 1 aromatic carbocycles. The first-order valence-corrected chi connectivity index (χ1v) is 9.36. The molecule has 0 N–H and O–H groups in total. The topological polar surface area (TPSA) is 79.6 Å². The molecule has 0 unspecified atom stereocenters. The Hall–Kier alpha value is -2.45. The van der Waals surface area contributed by atoms with Crippen molar-refractivity contribution in [3.05, 3.63) is 64.5 Å². The number of amides is 1. The number of carbonyl (C=O) groups excluding carboxylic acids is 1. The molecule has 1 amide bonds. The monoisotopic (exact) mass is 372 g/mol. The molecule has 2 aromatic rings. The lowest BCUT2D eigenvalue weighted by molar-refractivity contribution is -0.384. The van der Waals surface area contributed by atoms with Crippen LogP contribution in [0.5, 0.6) is 0 Å². The Bertz CT molecular complexity index is 747. The second-order valence-corrected chi connectivity index (χ2v) is 7.11. The summed E-state index contributed by atoms with van der Waals surface area (Å²) in [7, 11) is 0. The van der Waals surface area contributed by atoms with Gasteiger partial charge in [0.25, 0.3) is 5.69 Å². The number of non-ortho nitro benzene ring substituents is 1. The smallest absolute Gasteiger partial charge is 0.269 e. The summed E-state index contributed by atoms with van der Waals surface area (Å²) in [6.45, 7) is 4.00. The van der Waals surface area contributed by atoms with Gasteiger partial charge in [0.15, 0.2) is 0 Å². The Morgan fingerprint density at radius 3 is 2.50 bits per heavy atom. The van der Waals surface area contributed by atoms with E-state index in [0.29, 0.717) is 5.75 Å². The van der Waals surface area contributed by atoms with Gasteiger partial charge in [0.1, 0.15) is 0 Å². The Labute approximate surface area is 156 Å². The molecule has 0 bridgehead atoms. The zero-order valence-electron chi connectivity index (χ0n) is 14.3. The number of pyridine rings is 1. The molecule has 136 valence electrons. The van der Waals surface area contributed by atoms with Crippen LogP contribution in [-0.4, -0.2) is 57.5 Å². The third-order valence-electron chi connectivity index (χ3n) is 4.26. The third-order valence-corrected chi connectivity index (χ3v) is 5.26. The number of carbonyl (C=O) groups is 1. The normalized spacial score (nSPS) is 15.0. The lowest BCUT2D eigenvalue weighted by atomic mass is 10.2. The maximum Gasteiger partial charge on any atom is 0.269 e. The summed E-state index contributed by atoms with van der Waals surface area (Å²) in [5.74, 6) is 0.454. The second-order valence-electron chi connectivity index (χ2n) is 6.06. The predicted molar refractivity (Wildman–Crippen MR) is 99.9 cm³/mol. The van der Waals surface area contributed by atoms with Gasteiger partial charge in [-0.3, -0.25) is 24.8 Å². The third kappa shape index (κ3) is 5.03. The van der Waals surface area contributed by atoms with Gasteiger partial charge in [0.2, 0.25) is 5.91 Å². The molecule has 7 nitrogen and oxygen atoms in total. The average Bonchev–Trinajstić information content (AvgIpc) is 2.68. The molecule has 1 aromatic heterocycles. The molecule has 2 heterocycles. The summed E-state index contributed by atoms with van der Waals surface area (Å²) in [6.07, 6.45) is 3.64. The molecule has 0 aliphatic carbocycles. The van der Waals surface area contributed by atoms with Crippen LogP contribution >= 0.6 is 11.8 Å². The van der Waals surface area contributed by atoms with Crippen molar-refractivity contribution in [3.8, 4) is 0 Å². The molecule has 0 radical (unpaired) electrons. The van der Waals surface area contributed by atoms with Crippen LogP contribution in [0.1, 0.15) is 5.56 Å². The number of thioether (sulfide) groups is 1. The van der Waals surface area contributed by atoms with Crippen LogP contribution in [0.4, 0.5) is 5.69 Å². The van der Waals surface area contributed by atoms with Crippen LogP contribution in [0.2, 0.25) is 0 Å². The molecule has 1 fully saturated rings. The highest BCUT2D eigenvalue weighted by Crippen LogP contribution is 2.22. The maximum atomic E-state index is 12.4. The standard InChI is InChI=1S/C18H20N4O3S/c23-18(14-26-17-5-3-16(4-6-17)22(24)25)21-10-8-20(9-11-21)13-15-2-1-7-19-12-15/h1-7,12H,8-11,13-14H2. The minimum atomic E-state index is -0.426. The molecular formula is C18H20N4O3S. The molecule has 8 heteroatoms. The Balaban J connectivity index is 1.42. The van der Waals surface area contributed by atoms with Gasteiger partial charge in [0.05, 0.1) is 10.7 Å². The van der Waals surface area contributed by atoms with Crippen LogP contribution < -0.4 is 0 Å². The van der Waals surface area contributed by atoms with E-state index < -0.39 is 4.92 Å². The summed E-state index contributed by atoms with van der Waals surface area (Å²) in [6, 6.07) is 10.3. The van der Waals surface area contributed by atoms with Gasteiger partial charge < -0.3 is 4.90 Å². The van der Waals surface area contributed by atoms with Gasteiger partial charge in [-0.05, 0) is 23.8 Å². The second kappa shape index (κ2) is 8.77. The van der Waals surface area contributed by atoms with E-state index in [1.807, 2.05) is 17.2 Å². The summed E-state index contributed by atoms with van der Waals surface area (Å²) >= 11 is 1.41. The fraction of sp³-hybridized carbons (Fsp3) is 0.333. The number of nitro benzene ring substituents is 1. The minimum absolute atomic E-state index is 0.0606. The molecule has 0 spiro atoms. The van der Waals surface area contributed by atoms with E-state index >= 15 is 0 Å². The zero-order valence-corrected chi connectivity index (χ0v) is 15.1. The summed E-state index contributed by atoms with van der Waals surface area (Å²) in [5, 5.41) is 10.7. The van der Waals surface area contributed by atoms with Crippen LogP contribution in [0, 0.1) is 10.1 Å². The highest BCUT2D eigenvalue weighted by Gasteiger charge is 2.21. The van der Waals surface area contributed by atoms with E-state index in [4.69, 9.17) is 0 Å². The SMILES string of the molecule is O=C(CSc1ccc([N+](=O)[O-])cc1)N1CCN(Cc2cccnc2)CC1.